The van der Waals surface area contributed by atoms with Gasteiger partial charge in [0.05, 0.1) is 5.75 Å². The first-order chi connectivity index (χ1) is 8.40. The minimum atomic E-state index is -3.84. The van der Waals surface area contributed by atoms with Gasteiger partial charge in [0.15, 0.2) is 0 Å². The molecule has 0 aromatic heterocycles. The van der Waals surface area contributed by atoms with Crippen molar-refractivity contribution in [3.8, 4) is 0 Å². The molecule has 0 aliphatic carbocycles. The van der Waals surface area contributed by atoms with Crippen LogP contribution < -0.4 is 0 Å². The second-order valence-corrected chi connectivity index (χ2v) is 5.90. The molecule has 1 aromatic carbocycles. The third-order valence-electron chi connectivity index (χ3n) is 2.61. The molecule has 0 spiro atoms. The zero-order chi connectivity index (χ0) is 13.6. The fourth-order valence-electron chi connectivity index (χ4n) is 1.67. The predicted octanol–water partition coefficient (Wildman–Crippen LogP) is 2.04. The van der Waals surface area contributed by atoms with Crippen LogP contribution in [0.1, 0.15) is 17.5 Å². The van der Waals surface area contributed by atoms with Crippen LogP contribution in [0.2, 0.25) is 0 Å². The molecule has 1 rings (SSSR count). The molecule has 100 valence electrons. The molecule has 18 heavy (non-hydrogen) atoms. The second kappa shape index (κ2) is 6.68. The van der Waals surface area contributed by atoms with Crippen LogP contribution in [0.25, 0.3) is 6.08 Å². The van der Waals surface area contributed by atoms with Crippen molar-refractivity contribution in [1.82, 2.24) is 4.90 Å². The molecule has 4 nitrogen and oxygen atoms in total. The molecule has 1 aromatic rings. The predicted molar refractivity (Wildman–Crippen MR) is 73.9 cm³/mol. The number of rotatable bonds is 7. The molecule has 0 heterocycles. The van der Waals surface area contributed by atoms with Crippen molar-refractivity contribution in [3.05, 3.63) is 42.0 Å². The maximum Gasteiger partial charge on any atom is 0.264 e. The SMILES string of the molecule is C=Cc1ccc(CN(C)CCCS(=O)(=O)O)cc1. The lowest BCUT2D eigenvalue weighted by Gasteiger charge is -2.16. The summed E-state index contributed by atoms with van der Waals surface area (Å²) in [6.07, 6.45) is 2.22. The average Bonchev–Trinajstić information content (AvgIpc) is 2.28. The Labute approximate surface area is 109 Å². The third kappa shape index (κ3) is 5.95. The summed E-state index contributed by atoms with van der Waals surface area (Å²) in [6, 6.07) is 8.04. The lowest BCUT2D eigenvalue weighted by atomic mass is 10.1. The van der Waals surface area contributed by atoms with E-state index in [1.54, 1.807) is 6.08 Å². The summed E-state index contributed by atoms with van der Waals surface area (Å²) in [7, 11) is -1.92. The lowest BCUT2D eigenvalue weighted by Crippen LogP contribution is -2.21. The quantitative estimate of drug-likeness (QED) is 0.770. The van der Waals surface area contributed by atoms with Crippen molar-refractivity contribution < 1.29 is 13.0 Å². The monoisotopic (exact) mass is 269 g/mol. The standard InChI is InChI=1S/C13H19NO3S/c1-3-12-5-7-13(8-6-12)11-14(2)9-4-10-18(15,16)17/h3,5-8H,1,4,9-11H2,2H3,(H,15,16,17). The summed E-state index contributed by atoms with van der Waals surface area (Å²) in [5.41, 5.74) is 2.24. The van der Waals surface area contributed by atoms with Gasteiger partial charge in [0.1, 0.15) is 0 Å². The molecule has 0 fully saturated rings. The van der Waals surface area contributed by atoms with Crippen LogP contribution in [0, 0.1) is 0 Å². The number of nitrogens with zero attached hydrogens (tertiary/aromatic N) is 1. The fraction of sp³-hybridized carbons (Fsp3) is 0.385. The van der Waals surface area contributed by atoms with Gasteiger partial charge in [-0.2, -0.15) is 8.42 Å². The Balaban J connectivity index is 2.39. The summed E-state index contributed by atoms with van der Waals surface area (Å²) < 4.78 is 29.8. The Morgan fingerprint density at radius 2 is 1.94 bits per heavy atom. The highest BCUT2D eigenvalue weighted by molar-refractivity contribution is 7.85. The molecule has 0 saturated heterocycles. The first-order valence-corrected chi connectivity index (χ1v) is 7.37. The van der Waals surface area contributed by atoms with Crippen molar-refractivity contribution in [1.29, 1.82) is 0 Å². The van der Waals surface area contributed by atoms with E-state index >= 15 is 0 Å². The Morgan fingerprint density at radius 1 is 1.33 bits per heavy atom. The Hall–Kier alpha value is -1.17. The van der Waals surface area contributed by atoms with Crippen LogP contribution in [-0.2, 0) is 16.7 Å². The van der Waals surface area contributed by atoms with Crippen LogP contribution in [0.4, 0.5) is 0 Å². The number of hydrogen-bond donors (Lipinski definition) is 1. The van der Waals surface area contributed by atoms with Crippen molar-refractivity contribution in [2.45, 2.75) is 13.0 Å². The van der Waals surface area contributed by atoms with E-state index < -0.39 is 10.1 Å². The van der Waals surface area contributed by atoms with Gasteiger partial charge in [0.2, 0.25) is 0 Å². The molecule has 0 amide bonds. The second-order valence-electron chi connectivity index (χ2n) is 4.32. The average molecular weight is 269 g/mol. The van der Waals surface area contributed by atoms with Gasteiger partial charge in [-0.25, -0.2) is 0 Å². The largest absolute Gasteiger partial charge is 0.302 e. The van der Waals surface area contributed by atoms with Crippen molar-refractivity contribution >= 4 is 16.2 Å². The van der Waals surface area contributed by atoms with E-state index in [1.165, 1.54) is 0 Å². The highest BCUT2D eigenvalue weighted by Crippen LogP contribution is 2.08. The van der Waals surface area contributed by atoms with E-state index in [2.05, 4.69) is 6.58 Å². The molecular formula is C13H19NO3S. The van der Waals surface area contributed by atoms with E-state index in [4.69, 9.17) is 4.55 Å². The molecule has 0 unspecified atom stereocenters. The molecule has 0 saturated carbocycles. The maximum absolute atomic E-state index is 10.6. The van der Waals surface area contributed by atoms with Crippen molar-refractivity contribution in [2.75, 3.05) is 19.3 Å². The van der Waals surface area contributed by atoms with E-state index in [-0.39, 0.29) is 5.75 Å². The fourth-order valence-corrected chi connectivity index (χ4v) is 2.16. The third-order valence-corrected chi connectivity index (χ3v) is 3.41. The molecule has 0 aliphatic rings. The Kier molecular flexibility index (Phi) is 5.53. The molecular weight excluding hydrogens is 250 g/mol. The van der Waals surface area contributed by atoms with Gasteiger partial charge in [-0.15, -0.1) is 0 Å². The molecule has 5 heteroatoms. The normalized spacial score (nSPS) is 11.7. The summed E-state index contributed by atoms with van der Waals surface area (Å²) in [4.78, 5) is 2.02. The zero-order valence-electron chi connectivity index (χ0n) is 10.5. The van der Waals surface area contributed by atoms with Gasteiger partial charge in [0, 0.05) is 6.54 Å². The first kappa shape index (κ1) is 14.9. The van der Waals surface area contributed by atoms with Gasteiger partial charge in [0.25, 0.3) is 10.1 Å². The van der Waals surface area contributed by atoms with E-state index in [1.807, 2.05) is 36.2 Å². The minimum absolute atomic E-state index is 0.188. The Morgan fingerprint density at radius 3 is 2.44 bits per heavy atom. The van der Waals surface area contributed by atoms with Gasteiger partial charge in [-0.1, -0.05) is 36.9 Å². The topological polar surface area (TPSA) is 57.6 Å². The van der Waals surface area contributed by atoms with Gasteiger partial charge in [-0.05, 0) is 31.1 Å². The van der Waals surface area contributed by atoms with Gasteiger partial charge < -0.3 is 4.90 Å². The molecule has 0 bridgehead atoms. The van der Waals surface area contributed by atoms with Crippen LogP contribution >= 0.6 is 0 Å². The maximum atomic E-state index is 10.6. The minimum Gasteiger partial charge on any atom is -0.302 e. The summed E-state index contributed by atoms with van der Waals surface area (Å²) in [6.45, 7) is 5.07. The lowest BCUT2D eigenvalue weighted by molar-refractivity contribution is 0.326. The van der Waals surface area contributed by atoms with Crippen LogP contribution in [0.5, 0.6) is 0 Å². The highest BCUT2D eigenvalue weighted by Gasteiger charge is 2.06. The van der Waals surface area contributed by atoms with Crippen LogP contribution in [-0.4, -0.2) is 37.2 Å². The number of hydrogen-bond acceptors (Lipinski definition) is 3. The molecule has 0 radical (unpaired) electrons. The van der Waals surface area contributed by atoms with Gasteiger partial charge >= 0.3 is 0 Å². The zero-order valence-corrected chi connectivity index (χ0v) is 11.4. The van der Waals surface area contributed by atoms with Crippen molar-refractivity contribution in [3.63, 3.8) is 0 Å². The summed E-state index contributed by atoms with van der Waals surface area (Å²) >= 11 is 0. The summed E-state index contributed by atoms with van der Waals surface area (Å²) in [5, 5.41) is 0. The smallest absolute Gasteiger partial charge is 0.264 e. The molecule has 0 aliphatic heterocycles. The van der Waals surface area contributed by atoms with Crippen LogP contribution in [0.15, 0.2) is 30.8 Å². The van der Waals surface area contributed by atoms with Crippen molar-refractivity contribution in [2.24, 2.45) is 0 Å². The Bertz CT molecular complexity index is 479. The van der Waals surface area contributed by atoms with E-state index in [0.717, 1.165) is 17.7 Å². The van der Waals surface area contributed by atoms with E-state index in [0.29, 0.717) is 13.0 Å². The molecule has 0 atom stereocenters. The summed E-state index contributed by atoms with van der Waals surface area (Å²) in [5.74, 6) is -0.188. The van der Waals surface area contributed by atoms with Crippen LogP contribution in [0.3, 0.4) is 0 Å². The number of benzene rings is 1. The van der Waals surface area contributed by atoms with E-state index in [9.17, 15) is 8.42 Å². The highest BCUT2D eigenvalue weighted by atomic mass is 32.2. The first-order valence-electron chi connectivity index (χ1n) is 5.76. The van der Waals surface area contributed by atoms with Gasteiger partial charge in [-0.3, -0.25) is 4.55 Å². The molecule has 1 N–H and O–H groups in total.